The molecule has 1 aromatic carbocycles. The minimum atomic E-state index is -3.68. The van der Waals surface area contributed by atoms with E-state index in [1.54, 1.807) is 24.3 Å². The third-order valence-electron chi connectivity index (χ3n) is 3.45. The summed E-state index contributed by atoms with van der Waals surface area (Å²) in [4.78, 5) is 11.9. The Morgan fingerprint density at radius 1 is 1.17 bits per heavy atom. The molecule has 0 bridgehead atoms. The molecule has 24 heavy (non-hydrogen) atoms. The van der Waals surface area contributed by atoms with Gasteiger partial charge in [0.05, 0.1) is 17.7 Å². The van der Waals surface area contributed by atoms with Crippen molar-refractivity contribution in [3.63, 3.8) is 0 Å². The predicted octanol–water partition coefficient (Wildman–Crippen LogP) is 3.28. The van der Waals surface area contributed by atoms with Crippen molar-refractivity contribution in [3.8, 4) is 0 Å². The fraction of sp³-hybridized carbons (Fsp3) is 0.353. The molecular formula is C17H22N2O4S. The Balaban J connectivity index is 1.99. The molecule has 0 radical (unpaired) electrons. The molecule has 0 aliphatic carbocycles. The number of carbonyl (C=O) groups excluding carboxylic acids is 1. The topological polar surface area (TPSA) is 88.4 Å². The number of nitrogens with one attached hydrogen (secondary N) is 2. The molecule has 0 aliphatic heterocycles. The van der Waals surface area contributed by atoms with Crippen molar-refractivity contribution in [2.75, 3.05) is 5.32 Å². The van der Waals surface area contributed by atoms with E-state index in [1.807, 2.05) is 0 Å². The van der Waals surface area contributed by atoms with Gasteiger partial charge in [0, 0.05) is 12.1 Å². The third-order valence-corrected chi connectivity index (χ3v) is 4.85. The lowest BCUT2D eigenvalue weighted by molar-refractivity contribution is -0.116. The molecule has 1 heterocycles. The summed E-state index contributed by atoms with van der Waals surface area (Å²) in [5.41, 5.74) is 0.470. The summed E-state index contributed by atoms with van der Waals surface area (Å²) in [6.45, 7) is 2.14. The first-order valence-corrected chi connectivity index (χ1v) is 9.41. The first kappa shape index (κ1) is 18.2. The molecule has 2 aromatic rings. The quantitative estimate of drug-likeness (QED) is 0.679. The van der Waals surface area contributed by atoms with Crippen LogP contribution in [0.3, 0.4) is 0 Å². The van der Waals surface area contributed by atoms with E-state index >= 15 is 0 Å². The second-order valence-corrected chi connectivity index (χ2v) is 7.20. The minimum Gasteiger partial charge on any atom is -0.468 e. The lowest BCUT2D eigenvalue weighted by atomic mass is 10.2. The zero-order chi connectivity index (χ0) is 17.4. The highest BCUT2D eigenvalue weighted by Crippen LogP contribution is 2.16. The van der Waals surface area contributed by atoms with Crippen LogP contribution < -0.4 is 10.0 Å². The molecule has 0 saturated heterocycles. The molecule has 0 fully saturated rings. The summed E-state index contributed by atoms with van der Waals surface area (Å²) in [5, 5.41) is 2.73. The van der Waals surface area contributed by atoms with Crippen LogP contribution in [0.25, 0.3) is 0 Å². The maximum Gasteiger partial charge on any atom is 0.241 e. The van der Waals surface area contributed by atoms with Crippen molar-refractivity contribution in [2.45, 2.75) is 44.0 Å². The second kappa shape index (κ2) is 8.65. The van der Waals surface area contributed by atoms with Crippen LogP contribution in [0, 0.1) is 0 Å². The maximum atomic E-state index is 12.3. The van der Waals surface area contributed by atoms with Gasteiger partial charge >= 0.3 is 0 Å². The third kappa shape index (κ3) is 5.50. The summed E-state index contributed by atoms with van der Waals surface area (Å²) < 4.78 is 32.2. The predicted molar refractivity (Wildman–Crippen MR) is 91.9 cm³/mol. The number of anilines is 1. The normalized spacial score (nSPS) is 11.4. The van der Waals surface area contributed by atoms with Crippen molar-refractivity contribution in [1.82, 2.24) is 4.72 Å². The van der Waals surface area contributed by atoms with Crippen molar-refractivity contribution < 1.29 is 17.6 Å². The van der Waals surface area contributed by atoms with Crippen LogP contribution in [-0.2, 0) is 21.4 Å². The number of hydrogen-bond acceptors (Lipinski definition) is 4. The monoisotopic (exact) mass is 350 g/mol. The molecule has 130 valence electrons. The van der Waals surface area contributed by atoms with Gasteiger partial charge in [-0.3, -0.25) is 4.79 Å². The number of carbonyl (C=O) groups is 1. The number of amides is 1. The van der Waals surface area contributed by atoms with Crippen molar-refractivity contribution >= 4 is 21.6 Å². The fourth-order valence-electron chi connectivity index (χ4n) is 2.16. The highest BCUT2D eigenvalue weighted by atomic mass is 32.2. The van der Waals surface area contributed by atoms with Crippen LogP contribution in [0.4, 0.5) is 5.69 Å². The van der Waals surface area contributed by atoms with Crippen LogP contribution in [0.5, 0.6) is 0 Å². The highest BCUT2D eigenvalue weighted by Gasteiger charge is 2.15. The number of benzene rings is 1. The van der Waals surface area contributed by atoms with Gasteiger partial charge in [-0.1, -0.05) is 25.8 Å². The van der Waals surface area contributed by atoms with E-state index in [4.69, 9.17) is 4.42 Å². The summed E-state index contributed by atoms with van der Waals surface area (Å²) in [7, 11) is -3.68. The molecule has 0 atom stereocenters. The van der Waals surface area contributed by atoms with E-state index in [9.17, 15) is 13.2 Å². The average Bonchev–Trinajstić information content (AvgIpc) is 3.07. The fourth-order valence-corrected chi connectivity index (χ4v) is 3.20. The highest BCUT2D eigenvalue weighted by molar-refractivity contribution is 7.89. The molecule has 0 spiro atoms. The van der Waals surface area contributed by atoms with Gasteiger partial charge in [-0.2, -0.15) is 0 Å². The molecule has 1 amide bonds. The Kier molecular flexibility index (Phi) is 6.57. The summed E-state index contributed by atoms with van der Waals surface area (Å²) in [6, 6.07) is 9.58. The number of rotatable bonds is 9. The Morgan fingerprint density at radius 2 is 2.00 bits per heavy atom. The van der Waals surface area contributed by atoms with Gasteiger partial charge in [0.1, 0.15) is 5.76 Å². The Bertz CT molecular complexity index is 755. The summed E-state index contributed by atoms with van der Waals surface area (Å²) in [5.74, 6) is 0.417. The van der Waals surface area contributed by atoms with Gasteiger partial charge in [-0.25, -0.2) is 13.1 Å². The van der Waals surface area contributed by atoms with E-state index in [-0.39, 0.29) is 17.3 Å². The van der Waals surface area contributed by atoms with Gasteiger partial charge in [0.15, 0.2) is 0 Å². The Hall–Kier alpha value is -2.12. The number of unbranched alkanes of at least 4 members (excludes halogenated alkanes) is 2. The van der Waals surface area contributed by atoms with Crippen LogP contribution in [-0.4, -0.2) is 14.3 Å². The SMILES string of the molecule is CCCCCC(=O)Nc1cccc(S(=O)(=O)NCc2ccco2)c1. The van der Waals surface area contributed by atoms with Gasteiger partial charge < -0.3 is 9.73 Å². The van der Waals surface area contributed by atoms with E-state index in [0.717, 1.165) is 19.3 Å². The van der Waals surface area contributed by atoms with E-state index in [1.165, 1.54) is 18.4 Å². The number of furan rings is 1. The maximum absolute atomic E-state index is 12.3. The molecule has 2 N–H and O–H groups in total. The second-order valence-electron chi connectivity index (χ2n) is 5.44. The molecule has 2 rings (SSSR count). The molecule has 0 saturated carbocycles. The summed E-state index contributed by atoms with van der Waals surface area (Å²) in [6.07, 6.45) is 4.78. The van der Waals surface area contributed by atoms with E-state index < -0.39 is 10.0 Å². The van der Waals surface area contributed by atoms with Crippen molar-refractivity contribution in [1.29, 1.82) is 0 Å². The van der Waals surface area contributed by atoms with Crippen LogP contribution in [0.2, 0.25) is 0 Å². The van der Waals surface area contributed by atoms with Crippen LogP contribution in [0.15, 0.2) is 52.0 Å². The van der Waals surface area contributed by atoms with Crippen molar-refractivity contribution in [2.24, 2.45) is 0 Å². The Labute approximate surface area is 142 Å². The molecule has 7 heteroatoms. The molecule has 1 aromatic heterocycles. The molecule has 6 nitrogen and oxygen atoms in total. The smallest absolute Gasteiger partial charge is 0.241 e. The molecule has 0 unspecified atom stereocenters. The minimum absolute atomic E-state index is 0.0724. The van der Waals surface area contributed by atoms with Crippen LogP contribution >= 0.6 is 0 Å². The Morgan fingerprint density at radius 3 is 2.71 bits per heavy atom. The van der Waals surface area contributed by atoms with E-state index in [0.29, 0.717) is 17.9 Å². The number of hydrogen-bond donors (Lipinski definition) is 2. The zero-order valence-corrected chi connectivity index (χ0v) is 14.4. The molecular weight excluding hydrogens is 328 g/mol. The standard InChI is InChI=1S/C17H22N2O4S/c1-2-3-4-10-17(20)19-14-7-5-9-16(12-14)24(21,22)18-13-15-8-6-11-23-15/h5-9,11-12,18H,2-4,10,13H2,1H3,(H,19,20). The van der Waals surface area contributed by atoms with Gasteiger partial charge in [-0.05, 0) is 36.8 Å². The van der Waals surface area contributed by atoms with Gasteiger partial charge in [0.25, 0.3) is 0 Å². The lowest BCUT2D eigenvalue weighted by Crippen LogP contribution is -2.23. The van der Waals surface area contributed by atoms with Crippen LogP contribution in [0.1, 0.15) is 38.4 Å². The molecule has 0 aliphatic rings. The van der Waals surface area contributed by atoms with Crippen molar-refractivity contribution in [3.05, 3.63) is 48.4 Å². The first-order valence-electron chi connectivity index (χ1n) is 7.93. The average molecular weight is 350 g/mol. The number of sulfonamides is 1. The van der Waals surface area contributed by atoms with Gasteiger partial charge in [-0.15, -0.1) is 0 Å². The zero-order valence-electron chi connectivity index (χ0n) is 13.6. The van der Waals surface area contributed by atoms with E-state index in [2.05, 4.69) is 17.0 Å². The van der Waals surface area contributed by atoms with Gasteiger partial charge in [0.2, 0.25) is 15.9 Å². The summed E-state index contributed by atoms with van der Waals surface area (Å²) >= 11 is 0. The first-order chi connectivity index (χ1) is 11.5. The largest absolute Gasteiger partial charge is 0.468 e. The lowest BCUT2D eigenvalue weighted by Gasteiger charge is -2.09.